The second-order valence-corrected chi connectivity index (χ2v) is 6.08. The number of hydrogen-bond acceptors (Lipinski definition) is 4. The highest BCUT2D eigenvalue weighted by Crippen LogP contribution is 2.16. The van der Waals surface area contributed by atoms with Gasteiger partial charge >= 0.3 is 0 Å². The molecule has 0 aromatic heterocycles. The van der Waals surface area contributed by atoms with E-state index in [4.69, 9.17) is 0 Å². The fourth-order valence-corrected chi connectivity index (χ4v) is 1.90. The van der Waals surface area contributed by atoms with Crippen molar-refractivity contribution in [1.29, 1.82) is 0 Å². The van der Waals surface area contributed by atoms with Crippen LogP contribution in [0, 0.1) is 15.9 Å². The van der Waals surface area contributed by atoms with E-state index in [1.54, 1.807) is 13.2 Å². The zero-order chi connectivity index (χ0) is 15.3. The number of non-ortho nitro benzene ring substituents is 1. The summed E-state index contributed by atoms with van der Waals surface area (Å²) in [7, 11) is -0.998. The van der Waals surface area contributed by atoms with Gasteiger partial charge in [0.2, 0.25) is 0 Å². The average molecular weight is 302 g/mol. The van der Waals surface area contributed by atoms with Crippen LogP contribution in [-0.2, 0) is 10.8 Å². The Morgan fingerprint density at radius 1 is 1.55 bits per heavy atom. The van der Waals surface area contributed by atoms with E-state index in [-0.39, 0.29) is 23.0 Å². The Balaban J connectivity index is 2.70. The Hall–Kier alpha value is -1.83. The van der Waals surface area contributed by atoms with Crippen molar-refractivity contribution < 1.29 is 18.3 Å². The molecule has 110 valence electrons. The first kappa shape index (κ1) is 16.2. The number of nitrogens with zero attached hydrogens (tertiary/aromatic N) is 1. The van der Waals surface area contributed by atoms with E-state index in [1.165, 1.54) is 0 Å². The number of carbonyl (C=O) groups excluding carboxylic acids is 1. The molecule has 0 saturated carbocycles. The van der Waals surface area contributed by atoms with Crippen LogP contribution < -0.4 is 5.32 Å². The fraction of sp³-hybridized carbons (Fsp3) is 0.417. The summed E-state index contributed by atoms with van der Waals surface area (Å²) < 4.78 is 24.6. The zero-order valence-electron chi connectivity index (χ0n) is 11.1. The topological polar surface area (TPSA) is 89.3 Å². The minimum Gasteiger partial charge on any atom is -0.352 e. The first-order chi connectivity index (χ1) is 9.32. The quantitative estimate of drug-likeness (QED) is 0.638. The van der Waals surface area contributed by atoms with Gasteiger partial charge in [0.05, 0.1) is 10.5 Å². The monoisotopic (exact) mass is 302 g/mol. The van der Waals surface area contributed by atoms with Crippen LogP contribution >= 0.6 is 0 Å². The molecule has 1 aromatic carbocycles. The Kier molecular flexibility index (Phi) is 5.75. The average Bonchev–Trinajstić information content (AvgIpc) is 2.38. The fourth-order valence-electron chi connectivity index (χ4n) is 1.45. The lowest BCUT2D eigenvalue weighted by Crippen LogP contribution is -2.28. The molecule has 1 aromatic rings. The van der Waals surface area contributed by atoms with Crippen molar-refractivity contribution >= 4 is 22.4 Å². The number of halogens is 1. The molecule has 1 amide bonds. The molecule has 0 spiro atoms. The van der Waals surface area contributed by atoms with Gasteiger partial charge in [-0.3, -0.25) is 19.1 Å². The maximum Gasteiger partial charge on any atom is 0.270 e. The number of carbonyl (C=O) groups is 1. The van der Waals surface area contributed by atoms with Crippen molar-refractivity contribution in [3.8, 4) is 0 Å². The number of nitro groups is 1. The molecular formula is C12H15FN2O4S. The summed E-state index contributed by atoms with van der Waals surface area (Å²) in [6.45, 7) is 2.00. The van der Waals surface area contributed by atoms with Gasteiger partial charge in [0.15, 0.2) is 0 Å². The van der Waals surface area contributed by atoms with Crippen molar-refractivity contribution in [1.82, 2.24) is 5.32 Å². The summed E-state index contributed by atoms with van der Waals surface area (Å²) in [6, 6.07) is 2.78. The van der Waals surface area contributed by atoms with E-state index in [1.807, 2.05) is 0 Å². The highest BCUT2D eigenvalue weighted by atomic mass is 32.2. The standard InChI is InChI=1S/C12H15FN2O4S/c1-8(20(2)19)5-6-14-12(16)10-7-9(15(17)18)3-4-11(10)13/h3-4,7-8H,5-6H2,1-2H3,(H,14,16). The lowest BCUT2D eigenvalue weighted by atomic mass is 10.1. The molecule has 0 fully saturated rings. The van der Waals surface area contributed by atoms with Gasteiger partial charge in [0.1, 0.15) is 5.82 Å². The molecule has 0 radical (unpaired) electrons. The zero-order valence-corrected chi connectivity index (χ0v) is 11.9. The van der Waals surface area contributed by atoms with Gasteiger partial charge < -0.3 is 5.32 Å². The third kappa shape index (κ3) is 4.37. The number of hydrogen-bond donors (Lipinski definition) is 1. The molecule has 2 atom stereocenters. The van der Waals surface area contributed by atoms with E-state index in [9.17, 15) is 23.5 Å². The minimum atomic E-state index is -0.998. The van der Waals surface area contributed by atoms with E-state index >= 15 is 0 Å². The third-order valence-electron chi connectivity index (χ3n) is 2.81. The highest BCUT2D eigenvalue weighted by molar-refractivity contribution is 7.84. The molecule has 2 unspecified atom stereocenters. The summed E-state index contributed by atoms with van der Waals surface area (Å²) in [6.07, 6.45) is 2.04. The number of nitro benzene ring substituents is 1. The largest absolute Gasteiger partial charge is 0.352 e. The second kappa shape index (κ2) is 7.09. The first-order valence-corrected chi connectivity index (χ1v) is 7.49. The molecule has 0 aliphatic rings. The Labute approximate surface area is 118 Å². The third-order valence-corrected chi connectivity index (χ3v) is 4.18. The van der Waals surface area contributed by atoms with Gasteiger partial charge in [-0.2, -0.15) is 0 Å². The van der Waals surface area contributed by atoms with E-state index < -0.39 is 27.4 Å². The molecule has 0 aliphatic carbocycles. The number of benzene rings is 1. The lowest BCUT2D eigenvalue weighted by molar-refractivity contribution is -0.384. The van der Waals surface area contributed by atoms with Crippen molar-refractivity contribution in [3.05, 3.63) is 39.7 Å². The van der Waals surface area contributed by atoms with E-state index in [0.29, 0.717) is 6.42 Å². The maximum absolute atomic E-state index is 13.5. The molecular weight excluding hydrogens is 287 g/mol. The van der Waals surface area contributed by atoms with Crippen LogP contribution in [0.1, 0.15) is 23.7 Å². The number of nitrogens with one attached hydrogen (secondary N) is 1. The predicted molar refractivity (Wildman–Crippen MR) is 73.5 cm³/mol. The number of amides is 1. The Bertz CT molecular complexity index is 550. The van der Waals surface area contributed by atoms with E-state index in [2.05, 4.69) is 5.32 Å². The van der Waals surface area contributed by atoms with Gasteiger partial charge in [-0.1, -0.05) is 6.92 Å². The van der Waals surface area contributed by atoms with Crippen LogP contribution in [0.3, 0.4) is 0 Å². The van der Waals surface area contributed by atoms with Crippen molar-refractivity contribution in [3.63, 3.8) is 0 Å². The maximum atomic E-state index is 13.5. The van der Waals surface area contributed by atoms with Crippen LogP contribution in [0.2, 0.25) is 0 Å². The normalized spacial score (nSPS) is 13.6. The second-order valence-electron chi connectivity index (χ2n) is 4.28. The van der Waals surface area contributed by atoms with Crippen LogP contribution in [0.25, 0.3) is 0 Å². The molecule has 0 saturated heterocycles. The molecule has 0 heterocycles. The smallest absolute Gasteiger partial charge is 0.270 e. The van der Waals surface area contributed by atoms with E-state index in [0.717, 1.165) is 18.2 Å². The molecule has 1 N–H and O–H groups in total. The summed E-state index contributed by atoms with van der Waals surface area (Å²) in [5, 5.41) is 12.9. The van der Waals surface area contributed by atoms with Crippen LogP contribution in [0.5, 0.6) is 0 Å². The van der Waals surface area contributed by atoms with Crippen molar-refractivity contribution in [2.24, 2.45) is 0 Å². The van der Waals surface area contributed by atoms with Gasteiger partial charge in [0.25, 0.3) is 11.6 Å². The van der Waals surface area contributed by atoms with Crippen molar-refractivity contribution in [2.45, 2.75) is 18.6 Å². The first-order valence-electron chi connectivity index (χ1n) is 5.87. The Morgan fingerprint density at radius 2 is 2.20 bits per heavy atom. The van der Waals surface area contributed by atoms with Gasteiger partial charge in [-0.15, -0.1) is 0 Å². The molecule has 1 rings (SSSR count). The summed E-state index contributed by atoms with van der Waals surface area (Å²) in [5.74, 6) is -1.54. The molecule has 8 heteroatoms. The van der Waals surface area contributed by atoms with Gasteiger partial charge in [-0.05, 0) is 12.5 Å². The molecule has 6 nitrogen and oxygen atoms in total. The molecule has 20 heavy (non-hydrogen) atoms. The van der Waals surface area contributed by atoms with Crippen LogP contribution in [0.4, 0.5) is 10.1 Å². The number of rotatable bonds is 6. The lowest BCUT2D eigenvalue weighted by Gasteiger charge is -2.09. The van der Waals surface area contributed by atoms with Crippen LogP contribution in [0.15, 0.2) is 18.2 Å². The molecule has 0 aliphatic heterocycles. The molecule has 0 bridgehead atoms. The minimum absolute atomic E-state index is 0.0924. The van der Waals surface area contributed by atoms with Gasteiger partial charge in [0, 0.05) is 41.0 Å². The summed E-state index contributed by atoms with van der Waals surface area (Å²) in [4.78, 5) is 21.6. The van der Waals surface area contributed by atoms with Crippen LogP contribution in [-0.4, -0.2) is 33.1 Å². The SMILES string of the molecule is CC(CCNC(=O)c1cc([N+](=O)[O-])ccc1F)S(C)=O. The van der Waals surface area contributed by atoms with Crippen molar-refractivity contribution in [2.75, 3.05) is 12.8 Å². The van der Waals surface area contributed by atoms with Gasteiger partial charge in [-0.25, -0.2) is 4.39 Å². The summed E-state index contributed by atoms with van der Waals surface area (Å²) >= 11 is 0. The summed E-state index contributed by atoms with van der Waals surface area (Å²) in [5.41, 5.74) is -0.718. The highest BCUT2D eigenvalue weighted by Gasteiger charge is 2.17. The Morgan fingerprint density at radius 3 is 2.75 bits per heavy atom. The predicted octanol–water partition coefficient (Wildman–Crippen LogP) is 1.62.